The average molecular weight is 858 g/mol. The van der Waals surface area contributed by atoms with Gasteiger partial charge in [0.2, 0.25) is 23.6 Å². The molecule has 0 bridgehead atoms. The van der Waals surface area contributed by atoms with E-state index < -0.39 is 29.0 Å². The summed E-state index contributed by atoms with van der Waals surface area (Å²) in [5.41, 5.74) is 4.13. The van der Waals surface area contributed by atoms with Crippen LogP contribution in [0.4, 0.5) is 20.2 Å². The molecule has 2 aromatic heterocycles. The van der Waals surface area contributed by atoms with Crippen molar-refractivity contribution in [2.45, 2.75) is 76.3 Å². The molecule has 14 nitrogen and oxygen atoms in total. The highest BCUT2D eigenvalue weighted by Crippen LogP contribution is 2.49. The molecular formula is C47H49F2N9O5. The van der Waals surface area contributed by atoms with Gasteiger partial charge < -0.3 is 19.7 Å². The Labute approximate surface area is 362 Å². The second-order valence-corrected chi connectivity index (χ2v) is 17.6. The van der Waals surface area contributed by atoms with Gasteiger partial charge in [-0.25, -0.2) is 8.78 Å². The molecule has 2 N–H and O–H groups in total. The fourth-order valence-electron chi connectivity index (χ4n) is 9.79. The monoisotopic (exact) mass is 857 g/mol. The quantitative estimate of drug-likeness (QED) is 0.173. The second kappa shape index (κ2) is 16.2. The number of hydrogen-bond acceptors (Lipinski definition) is 8. The summed E-state index contributed by atoms with van der Waals surface area (Å²) < 4.78 is 34.9. The van der Waals surface area contributed by atoms with Gasteiger partial charge in [0.05, 0.1) is 29.4 Å². The number of fused-ring (bicyclic) bond motifs is 2. The summed E-state index contributed by atoms with van der Waals surface area (Å²) >= 11 is 0. The van der Waals surface area contributed by atoms with Crippen LogP contribution in [0.2, 0.25) is 0 Å². The Morgan fingerprint density at radius 2 is 1.71 bits per heavy atom. The van der Waals surface area contributed by atoms with Crippen molar-refractivity contribution in [2.75, 3.05) is 50.1 Å². The first-order valence-electron chi connectivity index (χ1n) is 21.4. The zero-order valence-corrected chi connectivity index (χ0v) is 35.7. The molecule has 0 radical (unpaired) electrons. The lowest BCUT2D eigenvalue weighted by Gasteiger charge is -2.36. The minimum absolute atomic E-state index is 0.0389. The molecule has 5 aromatic rings. The van der Waals surface area contributed by atoms with Crippen LogP contribution in [0.1, 0.15) is 85.5 Å². The summed E-state index contributed by atoms with van der Waals surface area (Å²) in [6.07, 6.45) is 7.71. The lowest BCUT2D eigenvalue weighted by atomic mass is 9.83. The summed E-state index contributed by atoms with van der Waals surface area (Å²) in [5, 5.41) is 10.5. The predicted octanol–water partition coefficient (Wildman–Crippen LogP) is 5.93. The van der Waals surface area contributed by atoms with E-state index in [1.165, 1.54) is 4.90 Å². The Hall–Kier alpha value is -6.71. The lowest BCUT2D eigenvalue weighted by Crippen LogP contribution is -2.55. The number of benzene rings is 3. The number of carbonyl (C=O) groups excluding carboxylic acids is 5. The van der Waals surface area contributed by atoms with Gasteiger partial charge in [-0.1, -0.05) is 29.5 Å². The Morgan fingerprint density at radius 3 is 2.43 bits per heavy atom. The molecule has 0 saturated carbocycles. The van der Waals surface area contributed by atoms with Crippen LogP contribution in [0.15, 0.2) is 67.0 Å². The van der Waals surface area contributed by atoms with Gasteiger partial charge in [0.15, 0.2) is 5.82 Å². The molecule has 63 heavy (non-hydrogen) atoms. The number of aromatic nitrogens is 4. The predicted molar refractivity (Wildman–Crippen MR) is 233 cm³/mol. The van der Waals surface area contributed by atoms with Gasteiger partial charge in [0.1, 0.15) is 17.6 Å². The molecule has 0 spiro atoms. The van der Waals surface area contributed by atoms with Crippen molar-refractivity contribution >= 4 is 57.4 Å². The van der Waals surface area contributed by atoms with Gasteiger partial charge in [0, 0.05) is 87.1 Å². The maximum atomic E-state index is 16.7. The molecule has 2 fully saturated rings. The van der Waals surface area contributed by atoms with Gasteiger partial charge in [-0.05, 0) is 92.5 Å². The first-order chi connectivity index (χ1) is 30.2. The standard InChI is InChI=1S/C47H49F2N9O5/c1-47(2)41-36(8-5-9-37(41)58(46(47)63)38-12-13-39(59)52-44(38)61)55-19-14-27(15-20-55)28-10-11-30(34(48)23-28)32-24-31(42(49)43-33(32)25-35(51-43)45(62)54(3)4)29-7-6-18-56(26-29)40(60)16-21-57-22-17-50-53-57/h5,7-11,17,22-25,27,38,51H,6,12-16,18-21,26H2,1-4H3,(H,52,59,61). The number of hydrogen-bond donors (Lipinski definition) is 2. The number of carbonyl (C=O) groups is 5. The lowest BCUT2D eigenvalue weighted by molar-refractivity contribution is -0.136. The molecule has 3 aromatic carbocycles. The molecule has 1 atom stereocenters. The molecule has 16 heteroatoms. The highest BCUT2D eigenvalue weighted by Gasteiger charge is 2.50. The highest BCUT2D eigenvalue weighted by molar-refractivity contribution is 6.15. The van der Waals surface area contributed by atoms with Crippen LogP contribution in [-0.4, -0.2) is 106 Å². The van der Waals surface area contributed by atoms with Crippen LogP contribution >= 0.6 is 0 Å². The maximum absolute atomic E-state index is 16.7. The Kier molecular flexibility index (Phi) is 10.7. The topological polar surface area (TPSA) is 157 Å². The van der Waals surface area contributed by atoms with Gasteiger partial charge in [0.25, 0.3) is 5.91 Å². The van der Waals surface area contributed by atoms with E-state index >= 15 is 8.78 Å². The fraction of sp³-hybridized carbons (Fsp3) is 0.383. The Morgan fingerprint density at radius 1 is 0.937 bits per heavy atom. The SMILES string of the molecule is CN(C)C(=O)c1cc2c(-c3ccc(C4CCN(c5cccc6c5C(C)(C)C(=O)N6C5CCC(=O)NC5=O)CC4)cc3F)cc(C3=CCCN(C(=O)CCn4ccnn4)C3)c(F)c2[nH]1. The molecule has 2 saturated heterocycles. The number of nitrogens with one attached hydrogen (secondary N) is 2. The molecule has 4 aliphatic rings. The number of nitrogens with zero attached hydrogens (tertiary/aromatic N) is 7. The second-order valence-electron chi connectivity index (χ2n) is 17.6. The van der Waals surface area contributed by atoms with Crippen molar-refractivity contribution in [1.29, 1.82) is 0 Å². The smallest absolute Gasteiger partial charge is 0.269 e. The third kappa shape index (κ3) is 7.44. The van der Waals surface area contributed by atoms with E-state index in [0.29, 0.717) is 67.7 Å². The van der Waals surface area contributed by atoms with E-state index in [1.807, 2.05) is 44.2 Å². The molecule has 326 valence electrons. The average Bonchev–Trinajstić information content (AvgIpc) is 4.02. The van der Waals surface area contributed by atoms with Gasteiger partial charge in [-0.3, -0.25) is 38.9 Å². The van der Waals surface area contributed by atoms with Gasteiger partial charge >= 0.3 is 0 Å². The van der Waals surface area contributed by atoms with Crippen LogP contribution in [0, 0.1) is 11.6 Å². The summed E-state index contributed by atoms with van der Waals surface area (Å²) in [4.78, 5) is 75.0. The molecule has 6 heterocycles. The Bertz CT molecular complexity index is 2720. The molecular weight excluding hydrogens is 809 g/mol. The zero-order valence-electron chi connectivity index (χ0n) is 35.7. The van der Waals surface area contributed by atoms with Crippen molar-refractivity contribution in [2.24, 2.45) is 0 Å². The third-order valence-electron chi connectivity index (χ3n) is 13.1. The first-order valence-corrected chi connectivity index (χ1v) is 21.4. The van der Waals surface area contributed by atoms with Gasteiger partial charge in [-0.2, -0.15) is 0 Å². The normalized spacial score (nSPS) is 19.1. The van der Waals surface area contributed by atoms with Gasteiger partial charge in [-0.15, -0.1) is 5.10 Å². The van der Waals surface area contributed by atoms with E-state index in [-0.39, 0.29) is 77.7 Å². The van der Waals surface area contributed by atoms with E-state index in [9.17, 15) is 24.0 Å². The minimum atomic E-state index is -0.904. The zero-order chi connectivity index (χ0) is 44.3. The first kappa shape index (κ1) is 41.6. The molecule has 5 amide bonds. The van der Waals surface area contributed by atoms with Crippen molar-refractivity contribution in [3.05, 3.63) is 101 Å². The van der Waals surface area contributed by atoms with E-state index in [4.69, 9.17) is 0 Å². The fourth-order valence-corrected chi connectivity index (χ4v) is 9.79. The van der Waals surface area contributed by atoms with Crippen LogP contribution < -0.4 is 15.1 Å². The number of aryl methyl sites for hydroxylation is 1. The number of rotatable bonds is 9. The summed E-state index contributed by atoms with van der Waals surface area (Å²) in [7, 11) is 3.21. The summed E-state index contributed by atoms with van der Waals surface area (Å²) in [5.74, 6) is -2.47. The van der Waals surface area contributed by atoms with E-state index in [1.54, 1.807) is 65.2 Å². The van der Waals surface area contributed by atoms with Crippen LogP contribution in [-0.2, 0) is 31.1 Å². The number of aromatic amines is 1. The maximum Gasteiger partial charge on any atom is 0.269 e. The number of halogens is 2. The van der Waals surface area contributed by atoms with Crippen LogP contribution in [0.5, 0.6) is 0 Å². The van der Waals surface area contributed by atoms with Crippen LogP contribution in [0.3, 0.4) is 0 Å². The molecule has 9 rings (SSSR count). The number of amides is 5. The summed E-state index contributed by atoms with van der Waals surface area (Å²) in [6, 6.07) is 13.4. The van der Waals surface area contributed by atoms with Crippen molar-refractivity contribution in [3.63, 3.8) is 0 Å². The number of imide groups is 1. The minimum Gasteiger partial charge on any atom is -0.371 e. The van der Waals surface area contributed by atoms with Crippen molar-refractivity contribution < 1.29 is 32.8 Å². The van der Waals surface area contributed by atoms with E-state index in [0.717, 1.165) is 16.8 Å². The van der Waals surface area contributed by atoms with Crippen molar-refractivity contribution in [1.82, 2.24) is 35.1 Å². The van der Waals surface area contributed by atoms with Crippen molar-refractivity contribution in [3.8, 4) is 11.1 Å². The summed E-state index contributed by atoms with van der Waals surface area (Å²) in [6.45, 7) is 6.05. The van der Waals surface area contributed by atoms with E-state index in [2.05, 4.69) is 25.5 Å². The number of anilines is 2. The van der Waals surface area contributed by atoms with Crippen LogP contribution in [0.25, 0.3) is 27.6 Å². The molecule has 0 aliphatic carbocycles. The highest BCUT2D eigenvalue weighted by atomic mass is 19.1. The third-order valence-corrected chi connectivity index (χ3v) is 13.1. The molecule has 1 unspecified atom stereocenters. The number of H-pyrrole nitrogens is 1. The number of piperidine rings is 2. The largest absolute Gasteiger partial charge is 0.371 e. The molecule has 4 aliphatic heterocycles. The Balaban J connectivity index is 0.975.